The highest BCUT2D eigenvalue weighted by molar-refractivity contribution is 5.95. The number of amides is 1. The van der Waals surface area contributed by atoms with Gasteiger partial charge in [0.25, 0.3) is 5.91 Å². The van der Waals surface area contributed by atoms with Crippen LogP contribution in [0.1, 0.15) is 28.8 Å². The topological polar surface area (TPSA) is 84.7 Å². The van der Waals surface area contributed by atoms with Crippen LogP contribution in [-0.2, 0) is 0 Å². The molecule has 1 aromatic carbocycles. The van der Waals surface area contributed by atoms with Crippen molar-refractivity contribution < 1.29 is 19.0 Å². The van der Waals surface area contributed by atoms with E-state index in [-0.39, 0.29) is 12.0 Å². The Labute approximate surface area is 158 Å². The summed E-state index contributed by atoms with van der Waals surface area (Å²) >= 11 is 0. The zero-order valence-corrected chi connectivity index (χ0v) is 15.3. The highest BCUT2D eigenvalue weighted by Gasteiger charge is 2.25. The van der Waals surface area contributed by atoms with E-state index < -0.39 is 0 Å². The summed E-state index contributed by atoms with van der Waals surface area (Å²) in [6, 6.07) is 10.6. The number of nitrogens with zero attached hydrogens (tertiary/aromatic N) is 3. The molecule has 0 saturated carbocycles. The van der Waals surface area contributed by atoms with Crippen molar-refractivity contribution >= 4 is 5.91 Å². The number of aromatic nitrogens is 1. The Bertz CT molecular complexity index is 837. The summed E-state index contributed by atoms with van der Waals surface area (Å²) in [6.45, 7) is 1.21. The Morgan fingerprint density at radius 3 is 2.48 bits per heavy atom. The standard InChI is InChI=1S/C20H21N3O4/c1-25-17-5-4-15(11-18(17)26-2)20(24)23-9-7-16(8-10-23)27-19-6-3-14(12-21)13-22-19/h3-6,11,13,16H,7-10H2,1-2H3. The third-order valence-corrected chi connectivity index (χ3v) is 4.51. The lowest BCUT2D eigenvalue weighted by molar-refractivity contribution is 0.0587. The molecule has 140 valence electrons. The fourth-order valence-electron chi connectivity index (χ4n) is 3.02. The molecule has 2 heterocycles. The van der Waals surface area contributed by atoms with Gasteiger partial charge in [0, 0.05) is 43.8 Å². The zero-order valence-electron chi connectivity index (χ0n) is 15.3. The molecule has 27 heavy (non-hydrogen) atoms. The third kappa shape index (κ3) is 4.29. The van der Waals surface area contributed by atoms with Crippen LogP contribution in [-0.4, -0.2) is 49.2 Å². The summed E-state index contributed by atoms with van der Waals surface area (Å²) < 4.78 is 16.3. The Kier molecular flexibility index (Phi) is 5.77. The SMILES string of the molecule is COc1ccc(C(=O)N2CCC(Oc3ccc(C#N)cn3)CC2)cc1OC. The number of carbonyl (C=O) groups excluding carboxylic acids is 1. The maximum absolute atomic E-state index is 12.7. The lowest BCUT2D eigenvalue weighted by atomic mass is 10.1. The quantitative estimate of drug-likeness (QED) is 0.808. The van der Waals surface area contributed by atoms with Crippen molar-refractivity contribution in [2.24, 2.45) is 0 Å². The molecule has 2 aromatic rings. The van der Waals surface area contributed by atoms with E-state index in [0.717, 1.165) is 12.8 Å². The first-order valence-corrected chi connectivity index (χ1v) is 8.68. The molecule has 1 fully saturated rings. The van der Waals surface area contributed by atoms with Gasteiger partial charge in [-0.1, -0.05) is 0 Å². The van der Waals surface area contributed by atoms with Crippen LogP contribution in [0.25, 0.3) is 0 Å². The minimum Gasteiger partial charge on any atom is -0.493 e. The van der Waals surface area contributed by atoms with Gasteiger partial charge in [-0.15, -0.1) is 0 Å². The maximum Gasteiger partial charge on any atom is 0.253 e. The average molecular weight is 367 g/mol. The molecule has 0 N–H and O–H groups in total. The molecule has 0 atom stereocenters. The van der Waals surface area contributed by atoms with Crippen molar-refractivity contribution in [3.8, 4) is 23.4 Å². The number of hydrogen-bond donors (Lipinski definition) is 0. The van der Waals surface area contributed by atoms with Crippen molar-refractivity contribution in [2.75, 3.05) is 27.3 Å². The van der Waals surface area contributed by atoms with Crippen molar-refractivity contribution in [3.63, 3.8) is 0 Å². The fourth-order valence-corrected chi connectivity index (χ4v) is 3.02. The van der Waals surface area contributed by atoms with Crippen LogP contribution in [0.15, 0.2) is 36.5 Å². The summed E-state index contributed by atoms with van der Waals surface area (Å²) in [7, 11) is 3.11. The van der Waals surface area contributed by atoms with E-state index in [2.05, 4.69) is 4.98 Å². The number of nitriles is 1. The fraction of sp³-hybridized carbons (Fsp3) is 0.350. The molecule has 1 amide bonds. The molecular formula is C20H21N3O4. The van der Waals surface area contributed by atoms with E-state index >= 15 is 0 Å². The van der Waals surface area contributed by atoms with Crippen LogP contribution in [0.4, 0.5) is 0 Å². The number of ether oxygens (including phenoxy) is 3. The van der Waals surface area contributed by atoms with Gasteiger partial charge in [0.2, 0.25) is 5.88 Å². The molecule has 0 spiro atoms. The Morgan fingerprint density at radius 2 is 1.89 bits per heavy atom. The number of carbonyl (C=O) groups is 1. The van der Waals surface area contributed by atoms with E-state index in [4.69, 9.17) is 19.5 Å². The van der Waals surface area contributed by atoms with Crippen LogP contribution in [0.3, 0.4) is 0 Å². The second kappa shape index (κ2) is 8.41. The molecular weight excluding hydrogens is 346 g/mol. The van der Waals surface area contributed by atoms with E-state index in [9.17, 15) is 4.79 Å². The number of rotatable bonds is 5. The van der Waals surface area contributed by atoms with Gasteiger partial charge >= 0.3 is 0 Å². The Morgan fingerprint density at radius 1 is 1.15 bits per heavy atom. The predicted molar refractivity (Wildman–Crippen MR) is 98.1 cm³/mol. The van der Waals surface area contributed by atoms with Gasteiger partial charge < -0.3 is 19.1 Å². The number of hydrogen-bond acceptors (Lipinski definition) is 6. The van der Waals surface area contributed by atoms with Gasteiger partial charge in [0.05, 0.1) is 19.8 Å². The average Bonchev–Trinajstić information content (AvgIpc) is 2.73. The summed E-state index contributed by atoms with van der Waals surface area (Å²) in [6.07, 6.45) is 2.94. The van der Waals surface area contributed by atoms with Gasteiger partial charge in [0.1, 0.15) is 12.2 Å². The van der Waals surface area contributed by atoms with Gasteiger partial charge in [-0.25, -0.2) is 4.98 Å². The van der Waals surface area contributed by atoms with Gasteiger partial charge in [0.15, 0.2) is 11.5 Å². The summed E-state index contributed by atoms with van der Waals surface area (Å²) in [5.74, 6) is 1.59. The first-order chi connectivity index (χ1) is 13.1. The summed E-state index contributed by atoms with van der Waals surface area (Å²) in [5, 5.41) is 8.80. The monoisotopic (exact) mass is 367 g/mol. The van der Waals surface area contributed by atoms with Crippen LogP contribution in [0.2, 0.25) is 0 Å². The largest absolute Gasteiger partial charge is 0.493 e. The molecule has 0 aliphatic carbocycles. The van der Waals surface area contributed by atoms with Crippen molar-refractivity contribution in [1.29, 1.82) is 5.26 Å². The van der Waals surface area contributed by atoms with Gasteiger partial charge in [-0.2, -0.15) is 5.26 Å². The Hall–Kier alpha value is -3.27. The molecule has 7 nitrogen and oxygen atoms in total. The third-order valence-electron chi connectivity index (χ3n) is 4.51. The molecule has 0 bridgehead atoms. The van der Waals surface area contributed by atoms with Crippen LogP contribution < -0.4 is 14.2 Å². The molecule has 0 radical (unpaired) electrons. The predicted octanol–water partition coefficient (Wildman–Crippen LogP) is 2.65. The van der Waals surface area contributed by atoms with E-state index in [0.29, 0.717) is 41.6 Å². The molecule has 1 aliphatic heterocycles. The van der Waals surface area contributed by atoms with E-state index in [1.807, 2.05) is 11.0 Å². The number of methoxy groups -OCH3 is 2. The molecule has 1 saturated heterocycles. The normalized spacial score (nSPS) is 14.3. The van der Waals surface area contributed by atoms with Crippen molar-refractivity contribution in [2.45, 2.75) is 18.9 Å². The number of benzene rings is 1. The van der Waals surface area contributed by atoms with Gasteiger partial charge in [-0.05, 0) is 24.3 Å². The number of pyridine rings is 1. The molecule has 7 heteroatoms. The highest BCUT2D eigenvalue weighted by atomic mass is 16.5. The van der Waals surface area contributed by atoms with Crippen LogP contribution in [0.5, 0.6) is 17.4 Å². The van der Waals surface area contributed by atoms with Crippen molar-refractivity contribution in [3.05, 3.63) is 47.7 Å². The lowest BCUT2D eigenvalue weighted by Crippen LogP contribution is -2.41. The van der Waals surface area contributed by atoms with Crippen LogP contribution in [0, 0.1) is 11.3 Å². The Balaban J connectivity index is 1.58. The first-order valence-electron chi connectivity index (χ1n) is 8.68. The zero-order chi connectivity index (χ0) is 19.2. The smallest absolute Gasteiger partial charge is 0.253 e. The minimum absolute atomic E-state index is 0.000103. The van der Waals surface area contributed by atoms with Crippen molar-refractivity contribution in [1.82, 2.24) is 9.88 Å². The molecule has 1 aromatic heterocycles. The first kappa shape index (κ1) is 18.5. The highest BCUT2D eigenvalue weighted by Crippen LogP contribution is 2.28. The number of piperidine rings is 1. The van der Waals surface area contributed by atoms with E-state index in [1.165, 1.54) is 6.20 Å². The number of likely N-dealkylation sites (tertiary alicyclic amines) is 1. The molecule has 3 rings (SSSR count). The maximum atomic E-state index is 12.7. The second-order valence-electron chi connectivity index (χ2n) is 6.18. The molecule has 1 aliphatic rings. The second-order valence-corrected chi connectivity index (χ2v) is 6.18. The lowest BCUT2D eigenvalue weighted by Gasteiger charge is -2.32. The van der Waals surface area contributed by atoms with Gasteiger partial charge in [-0.3, -0.25) is 4.79 Å². The minimum atomic E-state index is -0.0362. The summed E-state index contributed by atoms with van der Waals surface area (Å²) in [4.78, 5) is 18.7. The van der Waals surface area contributed by atoms with Crippen LogP contribution >= 0.6 is 0 Å². The van der Waals surface area contributed by atoms with E-state index in [1.54, 1.807) is 44.6 Å². The summed E-state index contributed by atoms with van der Waals surface area (Å²) in [5.41, 5.74) is 1.07. The molecule has 0 unspecified atom stereocenters.